The van der Waals surface area contributed by atoms with E-state index in [0.717, 1.165) is 0 Å². The second kappa shape index (κ2) is 5.37. The highest BCUT2D eigenvalue weighted by Crippen LogP contribution is 2.19. The van der Waals surface area contributed by atoms with E-state index < -0.39 is 17.4 Å². The standard InChI is InChI=1S/C11H14N2O6/c1-17-5-7-4-8(13-19-7)9(14)12-11(10(15)16)2-3-18-6-11/h4H,2-3,5-6H2,1H3,(H,12,14)(H,15,16). The molecule has 0 spiro atoms. The average molecular weight is 270 g/mol. The zero-order valence-electron chi connectivity index (χ0n) is 10.3. The summed E-state index contributed by atoms with van der Waals surface area (Å²) in [5.74, 6) is -1.35. The van der Waals surface area contributed by atoms with Gasteiger partial charge in [0.25, 0.3) is 5.91 Å². The lowest BCUT2D eigenvalue weighted by molar-refractivity contribution is -0.144. The van der Waals surface area contributed by atoms with Gasteiger partial charge in [0.1, 0.15) is 6.61 Å². The minimum Gasteiger partial charge on any atom is -0.479 e. The van der Waals surface area contributed by atoms with E-state index in [4.69, 9.17) is 14.0 Å². The van der Waals surface area contributed by atoms with Crippen LogP contribution >= 0.6 is 0 Å². The van der Waals surface area contributed by atoms with Gasteiger partial charge in [-0.05, 0) is 0 Å². The maximum Gasteiger partial charge on any atom is 0.331 e. The highest BCUT2D eigenvalue weighted by Gasteiger charge is 2.44. The summed E-state index contributed by atoms with van der Waals surface area (Å²) in [7, 11) is 1.48. The molecule has 1 amide bonds. The summed E-state index contributed by atoms with van der Waals surface area (Å²) < 4.78 is 14.7. The molecule has 0 radical (unpaired) electrons. The molecule has 0 aromatic carbocycles. The van der Waals surface area contributed by atoms with Crippen LogP contribution in [-0.2, 0) is 20.9 Å². The molecule has 0 aliphatic carbocycles. The number of carboxylic acid groups (broad SMARTS) is 1. The van der Waals surface area contributed by atoms with Crippen molar-refractivity contribution in [3.63, 3.8) is 0 Å². The summed E-state index contributed by atoms with van der Waals surface area (Å²) in [5.41, 5.74) is -1.38. The molecule has 1 fully saturated rings. The molecule has 1 aromatic rings. The van der Waals surface area contributed by atoms with Gasteiger partial charge in [0.05, 0.1) is 6.61 Å². The Balaban J connectivity index is 2.08. The van der Waals surface area contributed by atoms with Crippen molar-refractivity contribution in [2.45, 2.75) is 18.6 Å². The Labute approximate surface area is 108 Å². The van der Waals surface area contributed by atoms with Gasteiger partial charge in [0, 0.05) is 26.2 Å². The lowest BCUT2D eigenvalue weighted by Gasteiger charge is -2.22. The number of hydrogen-bond acceptors (Lipinski definition) is 6. The summed E-state index contributed by atoms with van der Waals surface area (Å²) >= 11 is 0. The minimum atomic E-state index is -1.39. The molecule has 1 atom stereocenters. The van der Waals surface area contributed by atoms with Crippen molar-refractivity contribution in [1.29, 1.82) is 0 Å². The Hall–Kier alpha value is -1.93. The van der Waals surface area contributed by atoms with E-state index in [-0.39, 0.29) is 25.3 Å². The molecule has 2 heterocycles. The van der Waals surface area contributed by atoms with Crippen LogP contribution in [0.3, 0.4) is 0 Å². The fraction of sp³-hybridized carbons (Fsp3) is 0.545. The fourth-order valence-corrected chi connectivity index (χ4v) is 1.80. The van der Waals surface area contributed by atoms with E-state index in [1.165, 1.54) is 13.2 Å². The first kappa shape index (κ1) is 13.5. The Morgan fingerprint density at radius 2 is 2.42 bits per heavy atom. The largest absolute Gasteiger partial charge is 0.479 e. The first-order chi connectivity index (χ1) is 9.07. The van der Waals surface area contributed by atoms with Crippen LogP contribution in [0.2, 0.25) is 0 Å². The van der Waals surface area contributed by atoms with Gasteiger partial charge in [-0.3, -0.25) is 4.79 Å². The van der Waals surface area contributed by atoms with Crippen molar-refractivity contribution in [2.24, 2.45) is 0 Å². The molecule has 104 valence electrons. The normalized spacial score (nSPS) is 22.4. The molecule has 8 heteroatoms. The summed E-state index contributed by atoms with van der Waals surface area (Å²) in [6.45, 7) is 0.421. The number of carbonyl (C=O) groups excluding carboxylic acids is 1. The molecule has 1 aliphatic heterocycles. The molecular weight excluding hydrogens is 256 g/mol. The molecule has 1 aliphatic rings. The van der Waals surface area contributed by atoms with Gasteiger partial charge in [0.15, 0.2) is 17.0 Å². The molecular formula is C11H14N2O6. The summed E-state index contributed by atoms with van der Waals surface area (Å²) in [4.78, 5) is 23.2. The van der Waals surface area contributed by atoms with E-state index in [2.05, 4.69) is 10.5 Å². The van der Waals surface area contributed by atoms with Gasteiger partial charge < -0.3 is 24.4 Å². The number of carbonyl (C=O) groups is 2. The van der Waals surface area contributed by atoms with E-state index >= 15 is 0 Å². The first-order valence-corrected chi connectivity index (χ1v) is 5.65. The van der Waals surface area contributed by atoms with Gasteiger partial charge in [-0.25, -0.2) is 4.79 Å². The Morgan fingerprint density at radius 3 is 3.00 bits per heavy atom. The van der Waals surface area contributed by atoms with Crippen LogP contribution in [0.25, 0.3) is 0 Å². The summed E-state index contributed by atoms with van der Waals surface area (Å²) in [6, 6.07) is 1.41. The molecule has 1 saturated heterocycles. The summed E-state index contributed by atoms with van der Waals surface area (Å²) in [6.07, 6.45) is 0.219. The van der Waals surface area contributed by atoms with Crippen molar-refractivity contribution in [1.82, 2.24) is 10.5 Å². The van der Waals surface area contributed by atoms with Crippen molar-refractivity contribution in [3.8, 4) is 0 Å². The van der Waals surface area contributed by atoms with Gasteiger partial charge in [-0.2, -0.15) is 0 Å². The van der Waals surface area contributed by atoms with Crippen molar-refractivity contribution >= 4 is 11.9 Å². The monoisotopic (exact) mass is 270 g/mol. The number of methoxy groups -OCH3 is 1. The van der Waals surface area contributed by atoms with Crippen LogP contribution in [-0.4, -0.2) is 48.0 Å². The number of aliphatic carboxylic acids is 1. The van der Waals surface area contributed by atoms with Crippen LogP contribution < -0.4 is 5.32 Å². The molecule has 0 saturated carbocycles. The molecule has 1 unspecified atom stereocenters. The number of nitrogens with one attached hydrogen (secondary N) is 1. The number of hydrogen-bond donors (Lipinski definition) is 2. The quantitative estimate of drug-likeness (QED) is 0.761. The van der Waals surface area contributed by atoms with Gasteiger partial charge in [-0.1, -0.05) is 5.16 Å². The highest BCUT2D eigenvalue weighted by molar-refractivity contribution is 5.96. The number of rotatable bonds is 5. The topological polar surface area (TPSA) is 111 Å². The van der Waals surface area contributed by atoms with Crippen molar-refractivity contribution < 1.29 is 28.7 Å². The summed E-state index contributed by atoms with van der Waals surface area (Å²) in [5, 5.41) is 15.2. The number of amides is 1. The van der Waals surface area contributed by atoms with Gasteiger partial charge in [0.2, 0.25) is 0 Å². The van der Waals surface area contributed by atoms with Crippen LogP contribution in [0.15, 0.2) is 10.6 Å². The highest BCUT2D eigenvalue weighted by atomic mass is 16.5. The molecule has 8 nitrogen and oxygen atoms in total. The molecule has 0 bridgehead atoms. The predicted molar refractivity (Wildman–Crippen MR) is 60.5 cm³/mol. The first-order valence-electron chi connectivity index (χ1n) is 5.65. The molecule has 1 aromatic heterocycles. The van der Waals surface area contributed by atoms with E-state index in [9.17, 15) is 14.7 Å². The average Bonchev–Trinajstić information content (AvgIpc) is 2.99. The number of carboxylic acids is 1. The lowest BCUT2D eigenvalue weighted by atomic mass is 9.99. The Morgan fingerprint density at radius 1 is 1.63 bits per heavy atom. The van der Waals surface area contributed by atoms with Crippen LogP contribution in [0.4, 0.5) is 0 Å². The van der Waals surface area contributed by atoms with Crippen molar-refractivity contribution in [3.05, 3.63) is 17.5 Å². The van der Waals surface area contributed by atoms with Crippen LogP contribution in [0, 0.1) is 0 Å². The number of nitrogens with zero attached hydrogens (tertiary/aromatic N) is 1. The van der Waals surface area contributed by atoms with E-state index in [1.807, 2.05) is 0 Å². The van der Waals surface area contributed by atoms with Crippen molar-refractivity contribution in [2.75, 3.05) is 20.3 Å². The maximum absolute atomic E-state index is 11.9. The Kier molecular flexibility index (Phi) is 3.82. The van der Waals surface area contributed by atoms with Gasteiger partial charge >= 0.3 is 5.97 Å². The second-order valence-corrected chi connectivity index (χ2v) is 4.26. The maximum atomic E-state index is 11.9. The smallest absolute Gasteiger partial charge is 0.331 e. The van der Waals surface area contributed by atoms with E-state index in [0.29, 0.717) is 12.4 Å². The Bertz CT molecular complexity index is 477. The van der Waals surface area contributed by atoms with E-state index in [1.54, 1.807) is 0 Å². The molecule has 2 N–H and O–H groups in total. The molecule has 19 heavy (non-hydrogen) atoms. The zero-order valence-corrected chi connectivity index (χ0v) is 10.3. The minimum absolute atomic E-state index is 0.0135. The fourth-order valence-electron chi connectivity index (χ4n) is 1.80. The number of ether oxygens (including phenoxy) is 2. The third kappa shape index (κ3) is 2.74. The third-order valence-electron chi connectivity index (χ3n) is 2.86. The van der Waals surface area contributed by atoms with Crippen LogP contribution in [0.1, 0.15) is 22.7 Å². The SMILES string of the molecule is COCc1cc(C(=O)NC2(C(=O)O)CCOC2)no1. The molecule has 2 rings (SSSR count). The lowest BCUT2D eigenvalue weighted by Crippen LogP contribution is -2.55. The van der Waals surface area contributed by atoms with Gasteiger partial charge in [-0.15, -0.1) is 0 Å². The third-order valence-corrected chi connectivity index (χ3v) is 2.86. The number of aromatic nitrogens is 1. The van der Waals surface area contributed by atoms with Crippen LogP contribution in [0.5, 0.6) is 0 Å². The second-order valence-electron chi connectivity index (χ2n) is 4.26. The zero-order chi connectivity index (χ0) is 13.9. The predicted octanol–water partition coefficient (Wildman–Crippen LogP) is -0.206.